The molecule has 1 aromatic carbocycles. The summed E-state index contributed by atoms with van der Waals surface area (Å²) >= 11 is 0. The molecule has 0 saturated carbocycles. The molecular formula is C14H19N3. The van der Waals surface area contributed by atoms with Crippen LogP contribution in [-0.4, -0.2) is 16.1 Å². The molecule has 2 N–H and O–H groups in total. The Bertz CT molecular complexity index is 537. The first-order valence-electron chi connectivity index (χ1n) is 5.98. The molecule has 0 amide bonds. The number of hydrogen-bond donors (Lipinski definition) is 1. The van der Waals surface area contributed by atoms with Gasteiger partial charge in [-0.1, -0.05) is 23.8 Å². The zero-order chi connectivity index (χ0) is 12.3. The minimum Gasteiger partial charge on any atom is -0.331 e. The third kappa shape index (κ3) is 2.56. The molecule has 0 aliphatic heterocycles. The number of hydrogen-bond acceptors (Lipinski definition) is 2. The summed E-state index contributed by atoms with van der Waals surface area (Å²) in [6, 6.07) is 8.23. The van der Waals surface area contributed by atoms with E-state index in [1.54, 1.807) is 0 Å². The van der Waals surface area contributed by atoms with E-state index in [1.807, 2.05) is 12.1 Å². The maximum atomic E-state index is 5.50. The summed E-state index contributed by atoms with van der Waals surface area (Å²) in [4.78, 5) is 4.65. The highest BCUT2D eigenvalue weighted by molar-refractivity contribution is 5.75. The number of fused-ring (bicyclic) bond motifs is 1. The van der Waals surface area contributed by atoms with Gasteiger partial charge in [-0.15, -0.1) is 0 Å². The van der Waals surface area contributed by atoms with Crippen molar-refractivity contribution in [1.29, 1.82) is 0 Å². The molecule has 0 aliphatic rings. The van der Waals surface area contributed by atoms with Crippen molar-refractivity contribution in [3.05, 3.63) is 41.7 Å². The fourth-order valence-electron chi connectivity index (χ4n) is 2.00. The maximum absolute atomic E-state index is 5.50. The van der Waals surface area contributed by atoms with Crippen LogP contribution in [0.1, 0.15) is 19.2 Å². The fraction of sp³-hybridized carbons (Fsp3) is 0.357. The normalized spacial score (nSPS) is 12.3. The van der Waals surface area contributed by atoms with Crippen molar-refractivity contribution in [3.63, 3.8) is 0 Å². The van der Waals surface area contributed by atoms with Crippen LogP contribution in [-0.2, 0) is 13.5 Å². The van der Waals surface area contributed by atoms with Crippen LogP contribution >= 0.6 is 0 Å². The summed E-state index contributed by atoms with van der Waals surface area (Å²) < 4.78 is 2.16. The van der Waals surface area contributed by atoms with E-state index in [9.17, 15) is 0 Å². The van der Waals surface area contributed by atoms with Crippen LogP contribution in [0.15, 0.2) is 35.9 Å². The molecule has 1 heterocycles. The summed E-state index contributed by atoms with van der Waals surface area (Å²) in [7, 11) is 2.07. The Morgan fingerprint density at radius 3 is 2.88 bits per heavy atom. The highest BCUT2D eigenvalue weighted by Gasteiger charge is 2.06. The SMILES string of the molecule is CC(=CCCN)Cc1nc2ccccc2n1C. The van der Waals surface area contributed by atoms with E-state index >= 15 is 0 Å². The Hall–Kier alpha value is -1.61. The molecule has 0 atom stereocenters. The first kappa shape index (κ1) is 11.9. The van der Waals surface area contributed by atoms with Gasteiger partial charge in [-0.2, -0.15) is 0 Å². The first-order valence-corrected chi connectivity index (χ1v) is 5.98. The van der Waals surface area contributed by atoms with Gasteiger partial charge in [0.2, 0.25) is 0 Å². The van der Waals surface area contributed by atoms with E-state index in [1.165, 1.54) is 11.1 Å². The predicted molar refractivity (Wildman–Crippen MR) is 71.8 cm³/mol. The minimum atomic E-state index is 0.708. The Kier molecular flexibility index (Phi) is 3.59. The van der Waals surface area contributed by atoms with Crippen molar-refractivity contribution in [2.45, 2.75) is 19.8 Å². The van der Waals surface area contributed by atoms with Crippen LogP contribution in [0.25, 0.3) is 11.0 Å². The lowest BCUT2D eigenvalue weighted by Gasteiger charge is -2.02. The molecule has 0 bridgehead atoms. The van der Waals surface area contributed by atoms with E-state index in [4.69, 9.17) is 5.73 Å². The van der Waals surface area contributed by atoms with Gasteiger partial charge in [0.05, 0.1) is 11.0 Å². The molecule has 0 aliphatic carbocycles. The van der Waals surface area contributed by atoms with Crippen molar-refractivity contribution in [2.75, 3.05) is 6.54 Å². The standard InChI is InChI=1S/C14H19N3/c1-11(6-5-9-15)10-14-16-12-7-3-4-8-13(12)17(14)2/h3-4,6-8H,5,9-10,15H2,1-2H3. The van der Waals surface area contributed by atoms with Crippen LogP contribution in [0.4, 0.5) is 0 Å². The number of nitrogens with two attached hydrogens (primary N) is 1. The number of allylic oxidation sites excluding steroid dienone is 1. The molecule has 3 heteroatoms. The summed E-state index contributed by atoms with van der Waals surface area (Å²) in [6.07, 6.45) is 4.03. The van der Waals surface area contributed by atoms with E-state index < -0.39 is 0 Å². The van der Waals surface area contributed by atoms with Crippen molar-refractivity contribution >= 4 is 11.0 Å². The van der Waals surface area contributed by atoms with Crippen molar-refractivity contribution in [1.82, 2.24) is 9.55 Å². The van der Waals surface area contributed by atoms with Gasteiger partial charge in [0.25, 0.3) is 0 Å². The van der Waals surface area contributed by atoms with Gasteiger partial charge in [-0.3, -0.25) is 0 Å². The van der Waals surface area contributed by atoms with Crippen LogP contribution in [0.5, 0.6) is 0 Å². The number of aromatic nitrogens is 2. The largest absolute Gasteiger partial charge is 0.331 e. The molecule has 0 fully saturated rings. The van der Waals surface area contributed by atoms with E-state index in [2.05, 4.69) is 41.7 Å². The lowest BCUT2D eigenvalue weighted by molar-refractivity contribution is 0.833. The summed E-state index contributed by atoms with van der Waals surface area (Å²) in [6.45, 7) is 2.84. The molecule has 3 nitrogen and oxygen atoms in total. The molecule has 0 spiro atoms. The molecule has 2 aromatic rings. The van der Waals surface area contributed by atoms with Gasteiger partial charge in [0.15, 0.2) is 0 Å². The van der Waals surface area contributed by atoms with E-state index in [0.717, 1.165) is 24.2 Å². The average molecular weight is 229 g/mol. The molecule has 0 unspecified atom stereocenters. The number of nitrogens with zero attached hydrogens (tertiary/aromatic N) is 2. The second-order valence-electron chi connectivity index (χ2n) is 4.38. The Labute approximate surface area is 102 Å². The second-order valence-corrected chi connectivity index (χ2v) is 4.38. The van der Waals surface area contributed by atoms with Crippen molar-refractivity contribution < 1.29 is 0 Å². The maximum Gasteiger partial charge on any atom is 0.113 e. The molecule has 1 aromatic heterocycles. The first-order chi connectivity index (χ1) is 8.22. The van der Waals surface area contributed by atoms with Crippen LogP contribution in [0.2, 0.25) is 0 Å². The van der Waals surface area contributed by atoms with Gasteiger partial charge in [-0.05, 0) is 32.0 Å². The van der Waals surface area contributed by atoms with E-state index in [-0.39, 0.29) is 0 Å². The fourth-order valence-corrected chi connectivity index (χ4v) is 2.00. The molecule has 0 radical (unpaired) electrons. The predicted octanol–water partition coefficient (Wildman–Crippen LogP) is 2.41. The zero-order valence-electron chi connectivity index (χ0n) is 10.5. The molecule has 2 rings (SSSR count). The highest BCUT2D eigenvalue weighted by atomic mass is 15.1. The quantitative estimate of drug-likeness (QED) is 0.818. The Balaban J connectivity index is 2.27. The van der Waals surface area contributed by atoms with Gasteiger partial charge < -0.3 is 10.3 Å². The molecule has 17 heavy (non-hydrogen) atoms. The molecular weight excluding hydrogens is 210 g/mol. The summed E-state index contributed by atoms with van der Waals surface area (Å²) in [5.74, 6) is 1.11. The zero-order valence-corrected chi connectivity index (χ0v) is 10.5. The summed E-state index contributed by atoms with van der Waals surface area (Å²) in [5.41, 5.74) is 9.08. The smallest absolute Gasteiger partial charge is 0.113 e. The Morgan fingerprint density at radius 2 is 2.18 bits per heavy atom. The van der Waals surface area contributed by atoms with E-state index in [0.29, 0.717) is 6.54 Å². The lowest BCUT2D eigenvalue weighted by atomic mass is 10.1. The van der Waals surface area contributed by atoms with Gasteiger partial charge >= 0.3 is 0 Å². The number of aryl methyl sites for hydroxylation is 1. The van der Waals surface area contributed by atoms with Crippen LogP contribution in [0.3, 0.4) is 0 Å². The van der Waals surface area contributed by atoms with Crippen LogP contribution in [0, 0.1) is 0 Å². The third-order valence-corrected chi connectivity index (χ3v) is 2.98. The molecule has 0 saturated heterocycles. The number of para-hydroxylation sites is 2. The highest BCUT2D eigenvalue weighted by Crippen LogP contribution is 2.16. The number of benzene rings is 1. The lowest BCUT2D eigenvalue weighted by Crippen LogP contribution is -2.00. The number of rotatable bonds is 4. The topological polar surface area (TPSA) is 43.8 Å². The second kappa shape index (κ2) is 5.15. The number of imidazole rings is 1. The Morgan fingerprint density at radius 1 is 1.41 bits per heavy atom. The average Bonchev–Trinajstić information content (AvgIpc) is 2.64. The summed E-state index contributed by atoms with van der Waals surface area (Å²) in [5, 5.41) is 0. The van der Waals surface area contributed by atoms with Gasteiger partial charge in [0.1, 0.15) is 5.82 Å². The van der Waals surface area contributed by atoms with Crippen LogP contribution < -0.4 is 5.73 Å². The monoisotopic (exact) mass is 229 g/mol. The van der Waals surface area contributed by atoms with Crippen molar-refractivity contribution in [3.8, 4) is 0 Å². The van der Waals surface area contributed by atoms with Gasteiger partial charge in [-0.25, -0.2) is 4.98 Å². The molecule has 90 valence electrons. The van der Waals surface area contributed by atoms with Gasteiger partial charge in [0, 0.05) is 13.5 Å². The van der Waals surface area contributed by atoms with Crippen molar-refractivity contribution in [2.24, 2.45) is 12.8 Å². The third-order valence-electron chi connectivity index (χ3n) is 2.98. The minimum absolute atomic E-state index is 0.708.